The number of likely N-dealkylation sites (tertiary alicyclic amines) is 1. The molecular weight excluding hydrogens is 274 g/mol. The summed E-state index contributed by atoms with van der Waals surface area (Å²) < 4.78 is 5.10. The van der Waals surface area contributed by atoms with Crippen molar-refractivity contribution in [1.82, 2.24) is 4.90 Å². The van der Waals surface area contributed by atoms with Crippen molar-refractivity contribution in [3.63, 3.8) is 0 Å². The van der Waals surface area contributed by atoms with Gasteiger partial charge in [-0.1, -0.05) is 18.5 Å². The SMILES string of the molecule is COc1ccc(C(=O)CN2CCC(C)CC2C)cc1Cl. The van der Waals surface area contributed by atoms with Crippen LogP contribution in [0.3, 0.4) is 0 Å². The number of carbonyl (C=O) groups excluding carboxylic acids is 1. The molecule has 0 N–H and O–H groups in total. The quantitative estimate of drug-likeness (QED) is 0.794. The molecule has 1 aliphatic heterocycles. The number of hydrogen-bond acceptors (Lipinski definition) is 3. The Morgan fingerprint density at radius 3 is 2.80 bits per heavy atom. The number of piperidine rings is 1. The van der Waals surface area contributed by atoms with Crippen molar-refractivity contribution in [2.75, 3.05) is 20.2 Å². The Labute approximate surface area is 125 Å². The molecular formula is C16H22ClNO2. The van der Waals surface area contributed by atoms with Crippen LogP contribution in [0.1, 0.15) is 37.0 Å². The molecule has 0 aliphatic carbocycles. The standard InChI is InChI=1S/C16H22ClNO2/c1-11-6-7-18(12(2)8-11)10-15(19)13-4-5-16(20-3)14(17)9-13/h4-5,9,11-12H,6-8,10H2,1-3H3. The second-order valence-corrected chi connectivity index (χ2v) is 6.13. The number of ketones is 1. The second kappa shape index (κ2) is 6.59. The summed E-state index contributed by atoms with van der Waals surface area (Å²) in [6, 6.07) is 5.69. The van der Waals surface area contributed by atoms with Crippen LogP contribution in [0.4, 0.5) is 0 Å². The highest BCUT2D eigenvalue weighted by Gasteiger charge is 2.24. The van der Waals surface area contributed by atoms with E-state index in [0.29, 0.717) is 28.9 Å². The highest BCUT2D eigenvalue weighted by Crippen LogP contribution is 2.26. The summed E-state index contributed by atoms with van der Waals surface area (Å²) in [6.07, 6.45) is 2.33. The Morgan fingerprint density at radius 2 is 2.20 bits per heavy atom. The molecule has 1 fully saturated rings. The first-order valence-electron chi connectivity index (χ1n) is 7.12. The first-order valence-corrected chi connectivity index (χ1v) is 7.50. The smallest absolute Gasteiger partial charge is 0.176 e. The minimum absolute atomic E-state index is 0.121. The third-order valence-electron chi connectivity index (χ3n) is 4.10. The maximum atomic E-state index is 12.4. The molecule has 1 aromatic rings. The number of rotatable bonds is 4. The fourth-order valence-corrected chi connectivity index (χ4v) is 3.06. The van der Waals surface area contributed by atoms with Crippen LogP contribution in [0.5, 0.6) is 5.75 Å². The van der Waals surface area contributed by atoms with Gasteiger partial charge in [-0.2, -0.15) is 0 Å². The summed E-state index contributed by atoms with van der Waals surface area (Å²) in [4.78, 5) is 14.6. The molecule has 110 valence electrons. The summed E-state index contributed by atoms with van der Waals surface area (Å²) in [7, 11) is 1.57. The van der Waals surface area contributed by atoms with Crippen molar-refractivity contribution >= 4 is 17.4 Å². The van der Waals surface area contributed by atoms with Crippen LogP contribution in [0.25, 0.3) is 0 Å². The van der Waals surface area contributed by atoms with Crippen LogP contribution in [-0.4, -0.2) is 36.9 Å². The van der Waals surface area contributed by atoms with Gasteiger partial charge in [0.15, 0.2) is 5.78 Å². The zero-order chi connectivity index (χ0) is 14.7. The maximum absolute atomic E-state index is 12.4. The Kier molecular flexibility index (Phi) is 5.06. The van der Waals surface area contributed by atoms with E-state index in [1.807, 2.05) is 0 Å². The molecule has 3 nitrogen and oxygen atoms in total. The summed E-state index contributed by atoms with van der Waals surface area (Å²) in [6.45, 7) is 5.94. The van der Waals surface area contributed by atoms with Gasteiger partial charge >= 0.3 is 0 Å². The normalized spacial score (nSPS) is 23.6. The summed E-state index contributed by atoms with van der Waals surface area (Å²) in [5.74, 6) is 1.48. The fourth-order valence-electron chi connectivity index (χ4n) is 2.81. The molecule has 1 saturated heterocycles. The third-order valence-corrected chi connectivity index (χ3v) is 4.39. The zero-order valence-corrected chi connectivity index (χ0v) is 13.1. The van der Waals surface area contributed by atoms with E-state index in [0.717, 1.165) is 18.9 Å². The van der Waals surface area contributed by atoms with Gasteiger partial charge in [-0.05, 0) is 50.4 Å². The van der Waals surface area contributed by atoms with E-state index in [-0.39, 0.29) is 5.78 Å². The molecule has 0 radical (unpaired) electrons. The van der Waals surface area contributed by atoms with Crippen LogP contribution >= 0.6 is 11.6 Å². The maximum Gasteiger partial charge on any atom is 0.176 e. The van der Waals surface area contributed by atoms with Crippen LogP contribution in [0.2, 0.25) is 5.02 Å². The second-order valence-electron chi connectivity index (χ2n) is 5.72. The van der Waals surface area contributed by atoms with Crippen molar-refractivity contribution in [3.05, 3.63) is 28.8 Å². The van der Waals surface area contributed by atoms with Gasteiger partial charge < -0.3 is 4.74 Å². The third kappa shape index (κ3) is 3.53. The van der Waals surface area contributed by atoms with Crippen LogP contribution in [0.15, 0.2) is 18.2 Å². The molecule has 0 saturated carbocycles. The molecule has 20 heavy (non-hydrogen) atoms. The average Bonchev–Trinajstić information content (AvgIpc) is 2.41. The van der Waals surface area contributed by atoms with Crippen LogP contribution < -0.4 is 4.74 Å². The first-order chi connectivity index (χ1) is 9.51. The summed E-state index contributed by atoms with van der Waals surface area (Å²) in [5, 5.41) is 0.485. The van der Waals surface area contributed by atoms with Crippen molar-refractivity contribution < 1.29 is 9.53 Å². The van der Waals surface area contributed by atoms with E-state index in [1.165, 1.54) is 6.42 Å². The molecule has 1 aliphatic rings. The molecule has 2 atom stereocenters. The van der Waals surface area contributed by atoms with E-state index >= 15 is 0 Å². The van der Waals surface area contributed by atoms with Gasteiger partial charge in [0.1, 0.15) is 5.75 Å². The van der Waals surface area contributed by atoms with Crippen molar-refractivity contribution in [3.8, 4) is 5.75 Å². The Bertz CT molecular complexity index is 489. The van der Waals surface area contributed by atoms with E-state index in [2.05, 4.69) is 18.7 Å². The molecule has 0 aromatic heterocycles. The summed E-state index contributed by atoms with van der Waals surface area (Å²) >= 11 is 6.07. The lowest BCUT2D eigenvalue weighted by molar-refractivity contribution is 0.0816. The van der Waals surface area contributed by atoms with Gasteiger partial charge in [0.25, 0.3) is 0 Å². The Morgan fingerprint density at radius 1 is 1.45 bits per heavy atom. The largest absolute Gasteiger partial charge is 0.495 e. The molecule has 2 rings (SSSR count). The van der Waals surface area contributed by atoms with Gasteiger partial charge in [0.05, 0.1) is 18.7 Å². The lowest BCUT2D eigenvalue weighted by Gasteiger charge is -2.35. The van der Waals surface area contributed by atoms with Gasteiger partial charge in [0.2, 0.25) is 0 Å². The summed E-state index contributed by atoms with van der Waals surface area (Å²) in [5.41, 5.74) is 0.654. The van der Waals surface area contributed by atoms with Crippen molar-refractivity contribution in [2.24, 2.45) is 5.92 Å². The lowest BCUT2D eigenvalue weighted by atomic mass is 9.93. The number of halogens is 1. The van der Waals surface area contributed by atoms with E-state index in [9.17, 15) is 4.79 Å². The number of methoxy groups -OCH3 is 1. The minimum Gasteiger partial charge on any atom is -0.495 e. The Balaban J connectivity index is 2.03. The van der Waals surface area contributed by atoms with E-state index in [1.54, 1.807) is 25.3 Å². The van der Waals surface area contributed by atoms with Crippen LogP contribution in [0, 0.1) is 5.92 Å². The topological polar surface area (TPSA) is 29.5 Å². The van der Waals surface area contributed by atoms with E-state index in [4.69, 9.17) is 16.3 Å². The number of benzene rings is 1. The zero-order valence-electron chi connectivity index (χ0n) is 12.4. The van der Waals surface area contributed by atoms with Crippen molar-refractivity contribution in [2.45, 2.75) is 32.7 Å². The monoisotopic (exact) mass is 295 g/mol. The number of nitrogens with zero attached hydrogens (tertiary/aromatic N) is 1. The highest BCUT2D eigenvalue weighted by atomic mass is 35.5. The highest BCUT2D eigenvalue weighted by molar-refractivity contribution is 6.32. The molecule has 0 amide bonds. The molecule has 2 unspecified atom stereocenters. The first kappa shape index (κ1) is 15.3. The molecule has 0 bridgehead atoms. The number of hydrogen-bond donors (Lipinski definition) is 0. The number of Topliss-reactive ketones (excluding diaryl/α,β-unsaturated/α-hetero) is 1. The Hall–Kier alpha value is -1.06. The molecule has 0 spiro atoms. The van der Waals surface area contributed by atoms with Gasteiger partial charge in [0, 0.05) is 11.6 Å². The van der Waals surface area contributed by atoms with Gasteiger partial charge in [-0.3, -0.25) is 9.69 Å². The lowest BCUT2D eigenvalue weighted by Crippen LogP contribution is -2.43. The number of ether oxygens (including phenoxy) is 1. The minimum atomic E-state index is 0.121. The average molecular weight is 296 g/mol. The van der Waals surface area contributed by atoms with Crippen molar-refractivity contribution in [1.29, 1.82) is 0 Å². The van der Waals surface area contributed by atoms with Gasteiger partial charge in [-0.15, -0.1) is 0 Å². The predicted octanol–water partition coefficient (Wildman–Crippen LogP) is 3.65. The molecule has 1 heterocycles. The predicted molar refractivity (Wildman–Crippen MR) is 81.8 cm³/mol. The van der Waals surface area contributed by atoms with E-state index < -0.39 is 0 Å². The fraction of sp³-hybridized carbons (Fsp3) is 0.562. The number of carbonyl (C=O) groups is 1. The van der Waals surface area contributed by atoms with Crippen LogP contribution in [-0.2, 0) is 0 Å². The van der Waals surface area contributed by atoms with Gasteiger partial charge in [-0.25, -0.2) is 0 Å². The molecule has 4 heteroatoms. The molecule has 1 aromatic carbocycles.